The minimum atomic E-state index is -0.572. The van der Waals surface area contributed by atoms with Crippen molar-refractivity contribution < 1.29 is 28.7 Å². The number of imidazole rings is 2. The molecule has 1 aromatic carbocycles. The molecule has 4 N–H and O–H groups in total. The molecule has 5 fully saturated rings. The van der Waals surface area contributed by atoms with Crippen molar-refractivity contribution in [2.45, 2.75) is 113 Å². The van der Waals surface area contributed by atoms with Crippen molar-refractivity contribution in [2.75, 3.05) is 27.3 Å². The Labute approximate surface area is 315 Å². The zero-order valence-corrected chi connectivity index (χ0v) is 31.2. The van der Waals surface area contributed by atoms with E-state index in [1.807, 2.05) is 22.2 Å². The van der Waals surface area contributed by atoms with Gasteiger partial charge in [0, 0.05) is 30.9 Å². The van der Waals surface area contributed by atoms with Gasteiger partial charge in [0.1, 0.15) is 23.7 Å². The minimum Gasteiger partial charge on any atom is -0.453 e. The number of hydrogen-bond donors (Lipinski definition) is 4. The maximum Gasteiger partial charge on any atom is 0.407 e. The van der Waals surface area contributed by atoms with Crippen molar-refractivity contribution in [2.24, 2.45) is 11.8 Å². The molecule has 0 unspecified atom stereocenters. The van der Waals surface area contributed by atoms with Crippen LogP contribution in [0.25, 0.3) is 11.3 Å². The lowest BCUT2D eigenvalue weighted by Gasteiger charge is -2.29. The molecule has 3 saturated carbocycles. The molecule has 5 aliphatic rings. The van der Waals surface area contributed by atoms with Crippen molar-refractivity contribution in [1.29, 1.82) is 0 Å². The lowest BCUT2D eigenvalue weighted by atomic mass is 9.77. The third kappa shape index (κ3) is 7.56. The maximum atomic E-state index is 13.6. The van der Waals surface area contributed by atoms with Gasteiger partial charge in [0.25, 0.3) is 0 Å². The molecule has 54 heavy (non-hydrogen) atoms. The van der Waals surface area contributed by atoms with E-state index in [2.05, 4.69) is 44.9 Å². The zero-order chi connectivity index (χ0) is 37.3. The molecule has 0 spiro atoms. The number of rotatable bonds is 11. The van der Waals surface area contributed by atoms with E-state index >= 15 is 0 Å². The number of likely N-dealkylation sites (tertiary alicyclic amines) is 2. The monoisotopic (exact) mass is 740 g/mol. The van der Waals surface area contributed by atoms with Gasteiger partial charge in [0.2, 0.25) is 11.8 Å². The first-order valence-corrected chi connectivity index (χ1v) is 19.8. The van der Waals surface area contributed by atoms with E-state index in [9.17, 15) is 19.2 Å². The quantitative estimate of drug-likeness (QED) is 0.190. The van der Waals surface area contributed by atoms with Crippen LogP contribution in [0.4, 0.5) is 9.59 Å². The number of hydrogen-bond acceptors (Lipinski definition) is 8. The fourth-order valence-corrected chi connectivity index (χ4v) is 9.03. The largest absolute Gasteiger partial charge is 0.453 e. The Morgan fingerprint density at radius 3 is 1.69 bits per heavy atom. The van der Waals surface area contributed by atoms with Gasteiger partial charge in [-0.3, -0.25) is 9.59 Å². The van der Waals surface area contributed by atoms with Crippen LogP contribution in [0.2, 0.25) is 0 Å². The van der Waals surface area contributed by atoms with E-state index in [1.165, 1.54) is 19.8 Å². The molecule has 0 radical (unpaired) electrons. The van der Waals surface area contributed by atoms with Gasteiger partial charge in [-0.05, 0) is 106 Å². The SMILES string of the molecule is COC(=O)N[C@H](C(=O)N1CCC[C@H]1c1ncc(-c2ccc([C@H]3CC[C@H](c4cnc([C@@H]5CCCN5C(=O)[C@@H](NC(=O)OC)C5CC5)[nH]4)CC3)cc2)[nH]1)C1CC1. The first kappa shape index (κ1) is 36.1. The Morgan fingerprint density at radius 1 is 0.667 bits per heavy atom. The molecule has 8 rings (SSSR count). The average Bonchev–Trinajstić information content (AvgIpc) is 3.92. The number of carbonyl (C=O) groups excluding carboxylic acids is 4. The van der Waals surface area contributed by atoms with Gasteiger partial charge in [0.15, 0.2) is 0 Å². The van der Waals surface area contributed by atoms with E-state index in [-0.39, 0.29) is 35.7 Å². The molecule has 4 amide bonds. The Balaban J connectivity index is 0.859. The molecule has 288 valence electrons. The number of methoxy groups -OCH3 is 2. The summed E-state index contributed by atoms with van der Waals surface area (Å²) >= 11 is 0. The fraction of sp³-hybridized carbons (Fsp3) is 0.600. The number of ether oxygens (including phenoxy) is 2. The van der Waals surface area contributed by atoms with Crippen molar-refractivity contribution in [1.82, 2.24) is 40.4 Å². The number of nitrogens with one attached hydrogen (secondary N) is 4. The number of benzene rings is 1. The van der Waals surface area contributed by atoms with Crippen molar-refractivity contribution in [3.63, 3.8) is 0 Å². The molecule has 0 bridgehead atoms. The molecule has 3 aromatic rings. The van der Waals surface area contributed by atoms with Crippen LogP contribution in [0.5, 0.6) is 0 Å². The van der Waals surface area contributed by atoms with Crippen LogP contribution in [0, 0.1) is 11.8 Å². The normalized spacial score (nSPS) is 25.2. The number of carbonyl (C=O) groups is 4. The number of nitrogens with zero attached hydrogens (tertiary/aromatic N) is 4. The van der Waals surface area contributed by atoms with Gasteiger partial charge in [-0.1, -0.05) is 24.3 Å². The van der Waals surface area contributed by atoms with Crippen LogP contribution in [0.15, 0.2) is 36.7 Å². The summed E-state index contributed by atoms with van der Waals surface area (Å²) in [6.07, 6.45) is 14.2. The number of amides is 4. The lowest BCUT2D eigenvalue weighted by molar-refractivity contribution is -0.135. The van der Waals surface area contributed by atoms with Crippen LogP contribution >= 0.6 is 0 Å². The predicted octanol–water partition coefficient (Wildman–Crippen LogP) is 5.84. The molecule has 14 heteroatoms. The van der Waals surface area contributed by atoms with Crippen LogP contribution < -0.4 is 10.6 Å². The third-order valence-corrected chi connectivity index (χ3v) is 12.4. The highest BCUT2D eigenvalue weighted by atomic mass is 16.5. The summed E-state index contributed by atoms with van der Waals surface area (Å²) in [5.41, 5.74) is 4.46. The molecule has 2 aliphatic heterocycles. The summed E-state index contributed by atoms with van der Waals surface area (Å²) in [7, 11) is 2.64. The highest BCUT2D eigenvalue weighted by Crippen LogP contribution is 2.42. The first-order valence-electron chi connectivity index (χ1n) is 19.8. The molecule has 4 heterocycles. The van der Waals surface area contributed by atoms with E-state index in [4.69, 9.17) is 19.4 Å². The summed E-state index contributed by atoms with van der Waals surface area (Å²) < 4.78 is 9.59. The fourth-order valence-electron chi connectivity index (χ4n) is 9.03. The summed E-state index contributed by atoms with van der Waals surface area (Å²) in [5.74, 6) is 2.73. The third-order valence-electron chi connectivity index (χ3n) is 12.4. The van der Waals surface area contributed by atoms with Gasteiger partial charge < -0.3 is 39.9 Å². The Kier molecular flexibility index (Phi) is 10.3. The average molecular weight is 741 g/mol. The predicted molar refractivity (Wildman–Crippen MR) is 198 cm³/mol. The molecule has 2 aromatic heterocycles. The summed E-state index contributed by atoms with van der Waals surface area (Å²) in [4.78, 5) is 71.5. The van der Waals surface area contributed by atoms with Crippen molar-refractivity contribution in [3.8, 4) is 11.3 Å². The summed E-state index contributed by atoms with van der Waals surface area (Å²) in [6.45, 7) is 1.30. The standard InChI is InChI=1S/C40H52N8O6/c1-53-39(51)45-33(27-15-16-27)37(49)47-19-3-5-31(47)35-41-21-29(43-35)25-11-7-23(8-12-25)24-9-13-26(14-10-24)30-22-42-36(44-30)32-6-4-20-48(32)38(50)34(28-17-18-28)46-40(52)54-2/h7-8,11-12,21-22,24,26-28,31-34H,3-6,9-10,13-20H2,1-2H3,(H,41,43)(H,42,44)(H,45,51)(H,46,52)/t24-,26-,31-,32-,33-,34-/m0/s1. The second-order valence-corrected chi connectivity index (χ2v) is 15.9. The second-order valence-electron chi connectivity index (χ2n) is 15.9. The van der Waals surface area contributed by atoms with Crippen molar-refractivity contribution in [3.05, 3.63) is 59.6 Å². The van der Waals surface area contributed by atoms with Crippen LogP contribution in [0.1, 0.15) is 124 Å². The van der Waals surface area contributed by atoms with Crippen LogP contribution in [-0.2, 0) is 19.1 Å². The Hall–Kier alpha value is -4.88. The molecule has 2 saturated heterocycles. The highest BCUT2D eigenvalue weighted by molar-refractivity contribution is 5.87. The molecular formula is C40H52N8O6. The highest BCUT2D eigenvalue weighted by Gasteiger charge is 2.45. The number of alkyl carbamates (subject to hydrolysis) is 2. The Bertz CT molecular complexity index is 1820. The van der Waals surface area contributed by atoms with E-state index in [1.54, 1.807) is 0 Å². The molecule has 4 atom stereocenters. The van der Waals surface area contributed by atoms with Gasteiger partial charge in [-0.25, -0.2) is 19.6 Å². The van der Waals surface area contributed by atoms with E-state index in [0.29, 0.717) is 24.9 Å². The topological polar surface area (TPSA) is 175 Å². The number of H-pyrrole nitrogens is 2. The molecule has 14 nitrogen and oxygen atoms in total. The second kappa shape index (κ2) is 15.5. The number of aromatic nitrogens is 4. The number of aromatic amines is 2. The Morgan fingerprint density at radius 2 is 1.17 bits per heavy atom. The summed E-state index contributed by atoms with van der Waals surface area (Å²) in [5, 5.41) is 5.55. The molecular weight excluding hydrogens is 688 g/mol. The van der Waals surface area contributed by atoms with Gasteiger partial charge in [0.05, 0.1) is 38.2 Å². The van der Waals surface area contributed by atoms with Gasteiger partial charge in [-0.2, -0.15) is 0 Å². The maximum absolute atomic E-state index is 13.6. The van der Waals surface area contributed by atoms with Gasteiger partial charge >= 0.3 is 12.2 Å². The first-order chi connectivity index (χ1) is 26.3. The van der Waals surface area contributed by atoms with Gasteiger partial charge in [-0.15, -0.1) is 0 Å². The van der Waals surface area contributed by atoms with Crippen LogP contribution in [-0.4, -0.2) is 93.1 Å². The minimum absolute atomic E-state index is 0.0385. The smallest absolute Gasteiger partial charge is 0.407 e. The lowest BCUT2D eigenvalue weighted by Crippen LogP contribution is -2.49. The van der Waals surface area contributed by atoms with E-state index < -0.39 is 24.3 Å². The van der Waals surface area contributed by atoms with Crippen molar-refractivity contribution >= 4 is 24.0 Å². The zero-order valence-electron chi connectivity index (χ0n) is 31.2. The summed E-state index contributed by atoms with van der Waals surface area (Å²) in [6, 6.07) is 7.41. The van der Waals surface area contributed by atoms with E-state index in [0.717, 1.165) is 106 Å². The van der Waals surface area contributed by atoms with Crippen LogP contribution in [0.3, 0.4) is 0 Å². The molecule has 3 aliphatic carbocycles.